The Hall–Kier alpha value is 1.58. The zero-order chi connectivity index (χ0) is 32.5. The summed E-state index contributed by atoms with van der Waals surface area (Å²) >= 11 is 24.1. The van der Waals surface area contributed by atoms with Crippen LogP contribution >= 0.6 is 40.0 Å². The van der Waals surface area contributed by atoms with Crippen molar-refractivity contribution < 1.29 is 14.3 Å². The minimum atomic E-state index is -1.53. The molecule has 0 aromatic heterocycles. The van der Waals surface area contributed by atoms with Gasteiger partial charge >= 0.3 is 0 Å². The third-order valence-corrected chi connectivity index (χ3v) is 28.6. The predicted octanol–water partition coefficient (Wildman–Crippen LogP) is 6.30. The van der Waals surface area contributed by atoms with Gasteiger partial charge in [-0.2, -0.15) is 0 Å². The van der Waals surface area contributed by atoms with Crippen molar-refractivity contribution in [1.82, 2.24) is 10.2 Å². The van der Waals surface area contributed by atoms with Crippen molar-refractivity contribution in [2.24, 2.45) is 0 Å². The first-order valence-corrected chi connectivity index (χ1v) is 32.9. The Balaban J connectivity index is 3.56. The molecule has 5 nitrogen and oxygen atoms in total. The van der Waals surface area contributed by atoms with E-state index in [1.165, 1.54) is 10.6 Å². The Kier molecular flexibility index (Phi) is 18.0. The van der Waals surface area contributed by atoms with Gasteiger partial charge in [0.2, 0.25) is 5.91 Å². The van der Waals surface area contributed by atoms with Gasteiger partial charge < -0.3 is 15.0 Å². The van der Waals surface area contributed by atoms with E-state index in [1.807, 2.05) is 13.0 Å². The van der Waals surface area contributed by atoms with E-state index >= 15 is 0 Å². The summed E-state index contributed by atoms with van der Waals surface area (Å²) in [6, 6.07) is 0.288. The highest BCUT2D eigenvalue weighted by Gasteiger charge is 2.29. The molecule has 42 heavy (non-hydrogen) atoms. The average Bonchev–Trinajstić information content (AvgIpc) is 2.78. The van der Waals surface area contributed by atoms with Crippen LogP contribution < -0.4 is 15.9 Å². The first kappa shape index (κ1) is 41.6. The molecule has 0 radical (unpaired) electrons. The van der Waals surface area contributed by atoms with Crippen LogP contribution in [0.3, 0.4) is 0 Å². The Morgan fingerprint density at radius 2 is 1.24 bits per heavy atom. The molecule has 242 valence electrons. The second-order valence-corrected chi connectivity index (χ2v) is 44.7. The predicted molar refractivity (Wildman–Crippen MR) is 215 cm³/mol. The Morgan fingerprint density at radius 3 is 1.64 bits per heavy atom. The number of ether oxygens (including phenoxy) is 1. The van der Waals surface area contributed by atoms with Crippen LogP contribution in [0.1, 0.15) is 24.2 Å². The lowest BCUT2D eigenvalue weighted by molar-refractivity contribution is -0.129. The maximum absolute atomic E-state index is 13.5. The molecule has 0 spiro atoms. The topological polar surface area (TPSA) is 58.6 Å². The summed E-state index contributed by atoms with van der Waals surface area (Å²) in [5.74, 6) is 3.89. The molecular formula is C27H52N2O3P6S4. The summed E-state index contributed by atoms with van der Waals surface area (Å²) in [6.07, 6.45) is 0. The van der Waals surface area contributed by atoms with Gasteiger partial charge in [-0.05, 0) is 107 Å². The monoisotopic (exact) mass is 766 g/mol. The fraction of sp³-hybridized carbons (Fsp3) is 0.704. The SMILES string of the molecule is CCOCCN(CCNC(=O)c1ccc(P(CP(C)(C)=S)CP(C)(C)=S)c(P(CP(C)(C)=S)CP(C)(C)=S)c1)C(C)=O. The summed E-state index contributed by atoms with van der Waals surface area (Å²) in [5, 5.41) is 5.72. The molecule has 1 N–H and O–H groups in total. The first-order valence-electron chi connectivity index (χ1n) is 13.9. The molecule has 0 saturated carbocycles. The number of rotatable bonds is 18. The Morgan fingerprint density at radius 1 is 0.786 bits per heavy atom. The van der Waals surface area contributed by atoms with Crippen LogP contribution in [0.2, 0.25) is 0 Å². The smallest absolute Gasteiger partial charge is 0.251 e. The van der Waals surface area contributed by atoms with Crippen LogP contribution in [0.5, 0.6) is 0 Å². The van der Waals surface area contributed by atoms with Crippen LogP contribution in [-0.4, -0.2) is 126 Å². The summed E-state index contributed by atoms with van der Waals surface area (Å²) < 4.78 is 5.41. The second kappa shape index (κ2) is 18.2. The molecule has 0 unspecified atom stereocenters. The van der Waals surface area contributed by atoms with Crippen molar-refractivity contribution in [1.29, 1.82) is 0 Å². The number of carbonyl (C=O) groups is 2. The number of carbonyl (C=O) groups excluding carboxylic acids is 2. The molecule has 2 amide bonds. The first-order chi connectivity index (χ1) is 19.0. The highest BCUT2D eigenvalue weighted by Crippen LogP contribution is 2.62. The van der Waals surface area contributed by atoms with E-state index in [9.17, 15) is 9.59 Å². The number of nitrogens with one attached hydrogen (secondary N) is 1. The molecule has 0 aliphatic carbocycles. The van der Waals surface area contributed by atoms with Crippen LogP contribution in [0.4, 0.5) is 0 Å². The van der Waals surface area contributed by atoms with Gasteiger partial charge in [0, 0.05) is 62.3 Å². The Labute approximate surface area is 279 Å². The summed E-state index contributed by atoms with van der Waals surface area (Å²) in [5.41, 5.74) is 0.653. The van der Waals surface area contributed by atoms with Crippen molar-refractivity contribution in [3.05, 3.63) is 23.8 Å². The van der Waals surface area contributed by atoms with Crippen LogP contribution in [0.15, 0.2) is 18.2 Å². The van der Waals surface area contributed by atoms with Gasteiger partial charge in [0.1, 0.15) is 0 Å². The number of hydrogen-bond donors (Lipinski definition) is 1. The normalized spacial score (nSPS) is 13.0. The minimum Gasteiger partial charge on any atom is -0.380 e. The molecule has 1 rings (SSSR count). The molecule has 0 aliphatic heterocycles. The van der Waals surface area contributed by atoms with Crippen molar-refractivity contribution in [3.8, 4) is 0 Å². The van der Waals surface area contributed by atoms with Gasteiger partial charge in [-0.1, -0.05) is 69.1 Å². The molecular weight excluding hydrogens is 714 g/mol. The van der Waals surface area contributed by atoms with Crippen molar-refractivity contribution >= 4 is 110 Å². The molecule has 0 aliphatic rings. The number of amides is 2. The zero-order valence-electron chi connectivity index (χ0n) is 27.1. The van der Waals surface area contributed by atoms with Crippen LogP contribution in [0.25, 0.3) is 0 Å². The highest BCUT2D eigenvalue weighted by atomic mass is 32.5. The van der Waals surface area contributed by atoms with Gasteiger partial charge in [-0.3, -0.25) is 9.59 Å². The molecule has 0 heterocycles. The molecule has 1 aromatic carbocycles. The van der Waals surface area contributed by atoms with E-state index in [1.54, 1.807) is 11.8 Å². The fourth-order valence-electron chi connectivity index (χ4n) is 4.38. The van der Waals surface area contributed by atoms with E-state index in [-0.39, 0.29) is 11.8 Å². The summed E-state index contributed by atoms with van der Waals surface area (Å²) in [6.45, 7) is 23.8. The van der Waals surface area contributed by atoms with E-state index < -0.39 is 40.0 Å². The van der Waals surface area contributed by atoms with Gasteiger partial charge in [0.15, 0.2) is 0 Å². The van der Waals surface area contributed by atoms with Gasteiger partial charge in [-0.15, -0.1) is 0 Å². The maximum atomic E-state index is 13.5. The second-order valence-electron chi connectivity index (χ2n) is 12.6. The van der Waals surface area contributed by atoms with E-state index in [0.717, 1.165) is 23.6 Å². The van der Waals surface area contributed by atoms with Crippen LogP contribution in [0, 0.1) is 0 Å². The lowest BCUT2D eigenvalue weighted by atomic mass is 10.2. The quantitative estimate of drug-likeness (QED) is 0.139. The third kappa shape index (κ3) is 18.1. The van der Waals surface area contributed by atoms with Gasteiger partial charge in [-0.25, -0.2) is 0 Å². The van der Waals surface area contributed by atoms with Crippen molar-refractivity contribution in [2.75, 3.05) is 110 Å². The Bertz CT molecular complexity index is 1220. The largest absolute Gasteiger partial charge is 0.380 e. The molecule has 1 aromatic rings. The zero-order valence-corrected chi connectivity index (χ0v) is 35.7. The van der Waals surface area contributed by atoms with E-state index in [2.05, 4.69) is 70.8 Å². The lowest BCUT2D eigenvalue weighted by Crippen LogP contribution is -2.39. The molecule has 0 atom stereocenters. The van der Waals surface area contributed by atoms with E-state index in [4.69, 9.17) is 52.0 Å². The number of nitrogens with zero attached hydrogens (tertiary/aromatic N) is 1. The fourth-order valence-corrected chi connectivity index (χ4v) is 29.6. The number of benzene rings is 1. The average molecular weight is 767 g/mol. The number of hydrogen-bond acceptors (Lipinski definition) is 7. The molecule has 0 bridgehead atoms. The standard InChI is InChI=1S/C27H52N2O3P6S4/c1-11-32-17-16-29(23(2)30)15-14-28-27(31)24-12-13-25(33(19-35(3,4)39)20-36(5,6)40)26(18-24)34(21-37(7,8)41)22-38(9,10)42/h12-13,18H,11,14-17,19-22H2,1-10H3,(H,28,31). The molecule has 15 heteroatoms. The van der Waals surface area contributed by atoms with Crippen LogP contribution in [-0.2, 0) is 56.8 Å². The van der Waals surface area contributed by atoms with Crippen molar-refractivity contribution in [3.63, 3.8) is 0 Å². The van der Waals surface area contributed by atoms with Gasteiger partial charge in [0.05, 0.1) is 6.61 Å². The lowest BCUT2D eigenvalue weighted by Gasteiger charge is -2.32. The van der Waals surface area contributed by atoms with Gasteiger partial charge in [0.25, 0.3) is 5.91 Å². The molecule has 0 fully saturated rings. The summed E-state index contributed by atoms with van der Waals surface area (Å²) in [4.78, 5) is 27.2. The van der Waals surface area contributed by atoms with E-state index in [0.29, 0.717) is 38.4 Å². The minimum absolute atomic E-state index is 0.0284. The summed E-state index contributed by atoms with van der Waals surface area (Å²) in [7, 11) is -1.19. The highest BCUT2D eigenvalue weighted by molar-refractivity contribution is 8.21. The molecule has 0 saturated heterocycles. The third-order valence-electron chi connectivity index (χ3n) is 5.79. The van der Waals surface area contributed by atoms with Crippen molar-refractivity contribution in [2.45, 2.75) is 13.8 Å². The maximum Gasteiger partial charge on any atom is 0.251 e.